The van der Waals surface area contributed by atoms with E-state index in [1.807, 2.05) is 0 Å². The molecule has 22 heavy (non-hydrogen) atoms. The fourth-order valence-electron chi connectivity index (χ4n) is 3.10. The van der Waals surface area contributed by atoms with Crippen LogP contribution in [0.1, 0.15) is 50.5 Å². The first-order valence-corrected chi connectivity index (χ1v) is 8.33. The Morgan fingerprint density at radius 2 is 1.91 bits per heavy atom. The molecule has 4 heteroatoms. The molecule has 1 fully saturated rings. The minimum absolute atomic E-state index is 0. The summed E-state index contributed by atoms with van der Waals surface area (Å²) in [6.45, 7) is 0.805. The van der Waals surface area contributed by atoms with Crippen LogP contribution in [-0.4, -0.2) is 18.5 Å². The Morgan fingerprint density at radius 1 is 1.14 bits per heavy atom. The van der Waals surface area contributed by atoms with E-state index in [1.54, 1.807) is 0 Å². The second kappa shape index (κ2) is 10.6. The summed E-state index contributed by atoms with van der Waals surface area (Å²) >= 11 is 0. The van der Waals surface area contributed by atoms with Gasteiger partial charge in [-0.1, -0.05) is 43.2 Å². The van der Waals surface area contributed by atoms with Gasteiger partial charge < -0.3 is 11.1 Å². The van der Waals surface area contributed by atoms with Crippen molar-refractivity contribution >= 4 is 18.3 Å². The summed E-state index contributed by atoms with van der Waals surface area (Å²) in [6.07, 6.45) is 8.59. The molecular formula is C18H29ClN2O. The third kappa shape index (κ3) is 6.80. The van der Waals surface area contributed by atoms with E-state index >= 15 is 0 Å². The number of halogens is 1. The quantitative estimate of drug-likeness (QED) is 0.755. The average Bonchev–Trinajstić information content (AvgIpc) is 2.51. The number of hydrogen-bond donors (Lipinski definition) is 2. The van der Waals surface area contributed by atoms with Crippen LogP contribution >= 0.6 is 12.4 Å². The fraction of sp³-hybridized carbons (Fsp3) is 0.611. The molecule has 1 aromatic rings. The number of carbonyl (C=O) groups is 1. The molecule has 0 bridgehead atoms. The summed E-state index contributed by atoms with van der Waals surface area (Å²) in [5, 5.41) is 3.08. The number of benzene rings is 1. The van der Waals surface area contributed by atoms with Gasteiger partial charge in [0.05, 0.1) is 0 Å². The molecule has 1 aliphatic carbocycles. The van der Waals surface area contributed by atoms with Gasteiger partial charge in [0.25, 0.3) is 0 Å². The van der Waals surface area contributed by atoms with Crippen LogP contribution in [0.25, 0.3) is 0 Å². The molecule has 0 heterocycles. The minimum atomic E-state index is 0. The lowest BCUT2D eigenvalue weighted by atomic mass is 9.85. The molecule has 0 aromatic heterocycles. The Morgan fingerprint density at radius 3 is 2.64 bits per heavy atom. The predicted octanol–water partition coefficient (Wildman–Crippen LogP) is 3.45. The Balaban J connectivity index is 0.00000242. The van der Waals surface area contributed by atoms with Gasteiger partial charge in [0.2, 0.25) is 5.91 Å². The number of nitrogens with one attached hydrogen (secondary N) is 1. The maximum absolute atomic E-state index is 12.0. The molecule has 2 atom stereocenters. The van der Waals surface area contributed by atoms with E-state index in [1.165, 1.54) is 18.4 Å². The number of carbonyl (C=O) groups excluding carboxylic acids is 1. The number of unbranched alkanes of at least 4 members (excludes halogenated alkanes) is 2. The summed E-state index contributed by atoms with van der Waals surface area (Å²) in [5.74, 6) is 0.367. The maximum Gasteiger partial charge on any atom is 0.223 e. The first-order chi connectivity index (χ1) is 10.3. The molecule has 124 valence electrons. The molecule has 1 saturated carbocycles. The minimum Gasteiger partial charge on any atom is -0.356 e. The van der Waals surface area contributed by atoms with Crippen molar-refractivity contribution in [2.45, 2.75) is 57.4 Å². The molecule has 1 aromatic carbocycles. The van der Waals surface area contributed by atoms with Crippen LogP contribution in [0, 0.1) is 5.92 Å². The second-order valence-electron chi connectivity index (χ2n) is 6.21. The number of aryl methyl sites for hydroxylation is 1. The Kier molecular flexibility index (Phi) is 9.17. The van der Waals surface area contributed by atoms with Crippen molar-refractivity contribution in [3.8, 4) is 0 Å². The number of nitrogens with two attached hydrogens (primary N) is 1. The molecule has 2 unspecified atom stereocenters. The van der Waals surface area contributed by atoms with Gasteiger partial charge in [-0.25, -0.2) is 0 Å². The zero-order chi connectivity index (χ0) is 14.9. The molecule has 0 saturated heterocycles. The zero-order valence-corrected chi connectivity index (χ0v) is 14.1. The van der Waals surface area contributed by atoms with Crippen LogP contribution in [0.5, 0.6) is 0 Å². The van der Waals surface area contributed by atoms with Gasteiger partial charge >= 0.3 is 0 Å². The first-order valence-electron chi connectivity index (χ1n) is 8.33. The lowest BCUT2D eigenvalue weighted by Crippen LogP contribution is -2.38. The number of rotatable bonds is 7. The van der Waals surface area contributed by atoms with E-state index in [0.29, 0.717) is 0 Å². The van der Waals surface area contributed by atoms with Crippen molar-refractivity contribution in [1.29, 1.82) is 0 Å². The summed E-state index contributed by atoms with van der Waals surface area (Å²) in [6, 6.07) is 10.8. The fourth-order valence-corrected chi connectivity index (χ4v) is 3.10. The Hall–Kier alpha value is -1.06. The summed E-state index contributed by atoms with van der Waals surface area (Å²) < 4.78 is 0. The second-order valence-corrected chi connectivity index (χ2v) is 6.21. The van der Waals surface area contributed by atoms with Crippen LogP contribution < -0.4 is 11.1 Å². The smallest absolute Gasteiger partial charge is 0.223 e. The Labute approximate surface area is 140 Å². The summed E-state index contributed by atoms with van der Waals surface area (Å²) in [4.78, 5) is 12.0. The van der Waals surface area contributed by atoms with Gasteiger partial charge in [-0.3, -0.25) is 4.79 Å². The normalized spacial score (nSPS) is 21.0. The van der Waals surface area contributed by atoms with E-state index in [-0.39, 0.29) is 30.3 Å². The SMILES string of the molecule is Cl.NC1CCCC(C(=O)NCCCCCc2ccccc2)C1. The lowest BCUT2D eigenvalue weighted by Gasteiger charge is -2.25. The molecule has 3 nitrogen and oxygen atoms in total. The molecule has 0 aliphatic heterocycles. The highest BCUT2D eigenvalue weighted by atomic mass is 35.5. The van der Waals surface area contributed by atoms with Crippen molar-refractivity contribution in [2.24, 2.45) is 11.7 Å². The van der Waals surface area contributed by atoms with Crippen LogP contribution in [0.15, 0.2) is 30.3 Å². The van der Waals surface area contributed by atoms with E-state index in [9.17, 15) is 4.79 Å². The van der Waals surface area contributed by atoms with Gasteiger partial charge in [-0.2, -0.15) is 0 Å². The summed E-state index contributed by atoms with van der Waals surface area (Å²) in [5.41, 5.74) is 7.33. The number of hydrogen-bond acceptors (Lipinski definition) is 2. The topological polar surface area (TPSA) is 55.1 Å². The van der Waals surface area contributed by atoms with Gasteiger partial charge in [-0.05, 0) is 44.1 Å². The summed E-state index contributed by atoms with van der Waals surface area (Å²) in [7, 11) is 0. The van der Waals surface area contributed by atoms with Gasteiger partial charge in [-0.15, -0.1) is 12.4 Å². The standard InChI is InChI=1S/C18H28N2O.ClH/c19-17-12-7-11-16(14-17)18(21)20-13-6-2-5-10-15-8-3-1-4-9-15;/h1,3-4,8-9,16-17H,2,5-7,10-14,19H2,(H,20,21);1H. The highest BCUT2D eigenvalue weighted by Gasteiger charge is 2.24. The third-order valence-electron chi connectivity index (χ3n) is 4.37. The van der Waals surface area contributed by atoms with Crippen LogP contribution in [0.4, 0.5) is 0 Å². The van der Waals surface area contributed by atoms with Gasteiger partial charge in [0, 0.05) is 18.5 Å². The zero-order valence-electron chi connectivity index (χ0n) is 13.3. The van der Waals surface area contributed by atoms with Crippen molar-refractivity contribution in [3.63, 3.8) is 0 Å². The first kappa shape index (κ1) is 19.0. The molecule has 0 radical (unpaired) electrons. The highest BCUT2D eigenvalue weighted by Crippen LogP contribution is 2.23. The average molecular weight is 325 g/mol. The predicted molar refractivity (Wildman–Crippen MR) is 94.2 cm³/mol. The van der Waals surface area contributed by atoms with Crippen molar-refractivity contribution in [1.82, 2.24) is 5.32 Å². The van der Waals surface area contributed by atoms with E-state index in [0.717, 1.165) is 45.1 Å². The van der Waals surface area contributed by atoms with Crippen molar-refractivity contribution < 1.29 is 4.79 Å². The van der Waals surface area contributed by atoms with Crippen LogP contribution in [0.2, 0.25) is 0 Å². The third-order valence-corrected chi connectivity index (χ3v) is 4.37. The molecule has 1 aliphatic rings. The van der Waals surface area contributed by atoms with E-state index in [2.05, 4.69) is 35.6 Å². The molecule has 3 N–H and O–H groups in total. The number of amides is 1. The van der Waals surface area contributed by atoms with Crippen LogP contribution in [-0.2, 0) is 11.2 Å². The van der Waals surface area contributed by atoms with Gasteiger partial charge in [0.1, 0.15) is 0 Å². The molecule has 2 rings (SSSR count). The van der Waals surface area contributed by atoms with E-state index < -0.39 is 0 Å². The van der Waals surface area contributed by atoms with Crippen molar-refractivity contribution in [2.75, 3.05) is 6.54 Å². The monoisotopic (exact) mass is 324 g/mol. The Bertz CT molecular complexity index is 424. The molecule has 0 spiro atoms. The van der Waals surface area contributed by atoms with E-state index in [4.69, 9.17) is 5.73 Å². The van der Waals surface area contributed by atoms with Crippen molar-refractivity contribution in [3.05, 3.63) is 35.9 Å². The molecule has 1 amide bonds. The highest BCUT2D eigenvalue weighted by molar-refractivity contribution is 5.85. The molecular weight excluding hydrogens is 296 g/mol. The maximum atomic E-state index is 12.0. The lowest BCUT2D eigenvalue weighted by molar-refractivity contribution is -0.126. The van der Waals surface area contributed by atoms with Crippen LogP contribution in [0.3, 0.4) is 0 Å². The van der Waals surface area contributed by atoms with Gasteiger partial charge in [0.15, 0.2) is 0 Å². The largest absolute Gasteiger partial charge is 0.356 e.